The zero-order valence-electron chi connectivity index (χ0n) is 34.7. The maximum absolute atomic E-state index is 14.4. The molecule has 3 N–H and O–H groups in total. The molecule has 4 atom stereocenters. The Hall–Kier alpha value is -5.27. The number of hydrogen-bond acceptors (Lipinski definition) is 9. The summed E-state index contributed by atoms with van der Waals surface area (Å²) in [4.78, 5) is 59.6. The van der Waals surface area contributed by atoms with Crippen LogP contribution in [-0.2, 0) is 41.6 Å². The first-order valence-corrected chi connectivity index (χ1v) is 19.9. The van der Waals surface area contributed by atoms with Gasteiger partial charge in [0.05, 0.1) is 24.1 Å². The highest BCUT2D eigenvalue weighted by Gasteiger charge is 2.36. The second-order valence-electron chi connectivity index (χ2n) is 15.7. The number of rotatable bonds is 15. The molecule has 0 spiro atoms. The SMILES string of the molecule is CCn1c(-c2cccnc2[C@H](C)OC)cc2cc(-c3cc(O)cc(C[C@H](NC(=O)[C@H](C(C)C)N(C)C(C)=O)C(=O)N4CCC[C@@H](C(=O)OCC(C)C)N4)c3)ccc21. The van der Waals surface area contributed by atoms with Gasteiger partial charge >= 0.3 is 5.97 Å². The molecule has 306 valence electrons. The van der Waals surface area contributed by atoms with Crippen LogP contribution in [0.5, 0.6) is 5.75 Å². The first-order chi connectivity index (χ1) is 27.1. The molecule has 5 rings (SSSR count). The summed E-state index contributed by atoms with van der Waals surface area (Å²) in [7, 11) is 3.23. The van der Waals surface area contributed by atoms with Gasteiger partial charge in [0.1, 0.15) is 23.9 Å². The molecule has 2 aromatic carbocycles. The minimum absolute atomic E-state index is 0.000856. The van der Waals surface area contributed by atoms with Crippen molar-refractivity contribution >= 4 is 34.6 Å². The van der Waals surface area contributed by atoms with Crippen molar-refractivity contribution in [3.05, 3.63) is 72.1 Å². The normalized spacial score (nSPS) is 16.1. The zero-order chi connectivity index (χ0) is 41.6. The fourth-order valence-electron chi connectivity index (χ4n) is 7.51. The smallest absolute Gasteiger partial charge is 0.324 e. The number of hydrazine groups is 1. The predicted molar refractivity (Wildman–Crippen MR) is 220 cm³/mol. The van der Waals surface area contributed by atoms with Crippen LogP contribution in [0.3, 0.4) is 0 Å². The van der Waals surface area contributed by atoms with Crippen molar-refractivity contribution in [1.29, 1.82) is 0 Å². The molecule has 1 aliphatic heterocycles. The lowest BCUT2D eigenvalue weighted by molar-refractivity contribution is -0.154. The molecule has 0 saturated carbocycles. The Bertz CT molecular complexity index is 2080. The third-order valence-corrected chi connectivity index (χ3v) is 10.5. The molecule has 0 unspecified atom stereocenters. The fraction of sp³-hybridized carbons (Fsp3) is 0.477. The number of ether oxygens (including phenoxy) is 2. The Kier molecular flexibility index (Phi) is 14.1. The molecule has 13 heteroatoms. The number of benzene rings is 2. The number of aryl methyl sites for hydroxylation is 1. The lowest BCUT2D eigenvalue weighted by Gasteiger charge is -2.36. The van der Waals surface area contributed by atoms with E-state index in [0.29, 0.717) is 24.9 Å². The van der Waals surface area contributed by atoms with Crippen molar-refractivity contribution in [2.24, 2.45) is 11.8 Å². The Morgan fingerprint density at radius 1 is 1.04 bits per heavy atom. The molecule has 1 saturated heterocycles. The molecule has 0 aliphatic carbocycles. The minimum Gasteiger partial charge on any atom is -0.508 e. The number of likely N-dealkylation sites (N-methyl/N-ethyl adjacent to an activating group) is 1. The van der Waals surface area contributed by atoms with E-state index in [2.05, 4.69) is 51.5 Å². The molecule has 57 heavy (non-hydrogen) atoms. The molecule has 1 aliphatic rings. The van der Waals surface area contributed by atoms with Crippen molar-refractivity contribution in [2.45, 2.75) is 98.5 Å². The number of nitrogens with one attached hydrogen (secondary N) is 2. The average Bonchev–Trinajstić information content (AvgIpc) is 3.56. The first kappa shape index (κ1) is 42.9. The van der Waals surface area contributed by atoms with Crippen molar-refractivity contribution in [3.8, 4) is 28.1 Å². The highest BCUT2D eigenvalue weighted by atomic mass is 16.5. The van der Waals surface area contributed by atoms with E-state index in [1.54, 1.807) is 32.5 Å². The van der Waals surface area contributed by atoms with Crippen molar-refractivity contribution in [3.63, 3.8) is 0 Å². The molecule has 3 heterocycles. The molecular weight excluding hydrogens is 725 g/mol. The van der Waals surface area contributed by atoms with E-state index in [1.807, 2.05) is 52.8 Å². The quantitative estimate of drug-likeness (QED) is 0.123. The number of aromatic nitrogens is 2. The summed E-state index contributed by atoms with van der Waals surface area (Å²) in [6.07, 6.45) is 2.65. The Morgan fingerprint density at radius 3 is 2.46 bits per heavy atom. The number of carbonyl (C=O) groups excluding carboxylic acids is 4. The van der Waals surface area contributed by atoms with Gasteiger partial charge in [-0.1, -0.05) is 39.8 Å². The maximum atomic E-state index is 14.4. The van der Waals surface area contributed by atoms with E-state index in [4.69, 9.17) is 9.47 Å². The van der Waals surface area contributed by atoms with Gasteiger partial charge in [0, 0.05) is 63.3 Å². The van der Waals surface area contributed by atoms with Gasteiger partial charge in [-0.25, -0.2) is 5.43 Å². The number of fused-ring (bicyclic) bond motifs is 1. The highest BCUT2D eigenvalue weighted by Crippen LogP contribution is 2.36. The lowest BCUT2D eigenvalue weighted by atomic mass is 9.96. The van der Waals surface area contributed by atoms with E-state index in [0.717, 1.165) is 45.5 Å². The minimum atomic E-state index is -1.10. The van der Waals surface area contributed by atoms with Crippen molar-refractivity contribution in [1.82, 2.24) is 30.2 Å². The maximum Gasteiger partial charge on any atom is 0.324 e. The zero-order valence-corrected chi connectivity index (χ0v) is 34.7. The van der Waals surface area contributed by atoms with Gasteiger partial charge in [-0.05, 0) is 97.7 Å². The van der Waals surface area contributed by atoms with Crippen LogP contribution < -0.4 is 10.7 Å². The third-order valence-electron chi connectivity index (χ3n) is 10.5. The van der Waals surface area contributed by atoms with Gasteiger partial charge in [0.2, 0.25) is 11.8 Å². The summed E-state index contributed by atoms with van der Waals surface area (Å²) in [5, 5.41) is 16.4. The molecule has 2 aromatic heterocycles. The van der Waals surface area contributed by atoms with Gasteiger partial charge in [0.25, 0.3) is 5.91 Å². The largest absolute Gasteiger partial charge is 0.508 e. The average molecular weight is 783 g/mol. The molecule has 1 fully saturated rings. The summed E-state index contributed by atoms with van der Waals surface area (Å²) in [5.74, 6) is -1.74. The van der Waals surface area contributed by atoms with E-state index in [-0.39, 0.29) is 42.6 Å². The number of hydrogen-bond donors (Lipinski definition) is 3. The summed E-state index contributed by atoms with van der Waals surface area (Å²) >= 11 is 0. The number of aromatic hydroxyl groups is 1. The van der Waals surface area contributed by atoms with Crippen LogP contribution >= 0.6 is 0 Å². The van der Waals surface area contributed by atoms with Crippen LogP contribution in [0.1, 0.15) is 78.7 Å². The van der Waals surface area contributed by atoms with Gasteiger partial charge < -0.3 is 29.4 Å². The van der Waals surface area contributed by atoms with Crippen LogP contribution in [0.15, 0.2) is 60.8 Å². The number of esters is 1. The van der Waals surface area contributed by atoms with E-state index in [9.17, 15) is 24.3 Å². The fourth-order valence-corrected chi connectivity index (χ4v) is 7.51. The van der Waals surface area contributed by atoms with Crippen LogP contribution in [-0.4, -0.2) is 93.7 Å². The van der Waals surface area contributed by atoms with Gasteiger partial charge in [-0.2, -0.15) is 0 Å². The number of nitrogens with zero attached hydrogens (tertiary/aromatic N) is 4. The highest BCUT2D eigenvalue weighted by molar-refractivity contribution is 5.93. The Balaban J connectivity index is 1.49. The first-order valence-electron chi connectivity index (χ1n) is 19.9. The number of methoxy groups -OCH3 is 1. The Morgan fingerprint density at radius 2 is 1.79 bits per heavy atom. The standard InChI is InChI=1S/C44H58N6O7/c1-10-49-38-16-15-31(22-33(38)24-39(49)35-13-11-17-45-40(35)28(6)56-9)32-19-30(20-34(52)23-32)21-37(46-42(53)41(27(4)5)48(8)29(7)51)43(54)50-18-12-14-36(47-50)44(55)57-25-26(2)3/h11,13,15-17,19-20,22-24,26-28,36-37,41,47,52H,10,12,14,18,21,25H2,1-9H3,(H,46,53)/t28-,36-,37-,41-/m0/s1. The van der Waals surface area contributed by atoms with Crippen LogP contribution in [0.2, 0.25) is 0 Å². The summed E-state index contributed by atoms with van der Waals surface area (Å²) in [6.45, 7) is 14.4. The lowest BCUT2D eigenvalue weighted by Crippen LogP contribution is -2.62. The molecule has 4 aromatic rings. The molecular formula is C44H58N6O7. The molecule has 13 nitrogen and oxygen atoms in total. The van der Waals surface area contributed by atoms with Gasteiger partial charge in [-0.15, -0.1) is 0 Å². The molecule has 3 amide bonds. The second-order valence-corrected chi connectivity index (χ2v) is 15.7. The van der Waals surface area contributed by atoms with E-state index < -0.39 is 35.9 Å². The van der Waals surface area contributed by atoms with Gasteiger partial charge in [0.15, 0.2) is 0 Å². The molecule has 0 radical (unpaired) electrons. The van der Waals surface area contributed by atoms with Crippen molar-refractivity contribution in [2.75, 3.05) is 27.3 Å². The monoisotopic (exact) mass is 782 g/mol. The Labute approximate surface area is 335 Å². The van der Waals surface area contributed by atoms with Crippen LogP contribution in [0, 0.1) is 11.8 Å². The number of amides is 3. The predicted octanol–water partition coefficient (Wildman–Crippen LogP) is 6.03. The van der Waals surface area contributed by atoms with E-state index in [1.165, 1.54) is 16.8 Å². The van der Waals surface area contributed by atoms with E-state index >= 15 is 0 Å². The number of pyridine rings is 1. The second kappa shape index (κ2) is 18.8. The van der Waals surface area contributed by atoms with Crippen LogP contribution in [0.25, 0.3) is 33.3 Å². The van der Waals surface area contributed by atoms with Gasteiger partial charge in [-0.3, -0.25) is 29.2 Å². The topological polar surface area (TPSA) is 155 Å². The van der Waals surface area contributed by atoms with Crippen molar-refractivity contribution < 1.29 is 33.8 Å². The summed E-state index contributed by atoms with van der Waals surface area (Å²) in [5.41, 5.74) is 9.12. The number of carbonyl (C=O) groups is 4. The van der Waals surface area contributed by atoms with Crippen LogP contribution in [0.4, 0.5) is 0 Å². The number of phenolic OH excluding ortho intramolecular Hbond substituents is 1. The summed E-state index contributed by atoms with van der Waals surface area (Å²) in [6, 6.07) is 14.8. The molecule has 0 bridgehead atoms. The summed E-state index contributed by atoms with van der Waals surface area (Å²) < 4.78 is 13.3. The number of phenols is 1. The third kappa shape index (κ3) is 10.0.